The minimum atomic E-state index is -0.334. The van der Waals surface area contributed by atoms with Gasteiger partial charge in [0.25, 0.3) is 0 Å². The van der Waals surface area contributed by atoms with Crippen molar-refractivity contribution in [1.29, 1.82) is 0 Å². The molecule has 5 nitrogen and oxygen atoms in total. The molecule has 0 radical (unpaired) electrons. The lowest BCUT2D eigenvalue weighted by Gasteiger charge is -2.06. The second-order valence-electron chi connectivity index (χ2n) is 3.94. The average molecular weight is 355 g/mol. The van der Waals surface area contributed by atoms with Crippen molar-refractivity contribution in [3.63, 3.8) is 0 Å². The molecule has 20 heavy (non-hydrogen) atoms. The van der Waals surface area contributed by atoms with Gasteiger partial charge in [-0.2, -0.15) is 4.98 Å². The van der Waals surface area contributed by atoms with Crippen LogP contribution in [-0.2, 0) is 0 Å². The van der Waals surface area contributed by atoms with Gasteiger partial charge in [-0.05, 0) is 46.3 Å². The molecule has 0 bridgehead atoms. The number of rotatable bonds is 2. The Morgan fingerprint density at radius 3 is 2.90 bits per heavy atom. The summed E-state index contributed by atoms with van der Waals surface area (Å²) in [4.78, 5) is 11.2. The summed E-state index contributed by atoms with van der Waals surface area (Å²) in [6, 6.07) is 4.35. The lowest BCUT2D eigenvalue weighted by Crippen LogP contribution is -1.98. The molecule has 0 saturated carbocycles. The number of hydrogen-bond donors (Lipinski definition) is 1. The van der Waals surface area contributed by atoms with Gasteiger partial charge in [-0.1, -0.05) is 0 Å². The van der Waals surface area contributed by atoms with E-state index in [1.807, 2.05) is 0 Å². The zero-order valence-electron chi connectivity index (χ0n) is 10.2. The van der Waals surface area contributed by atoms with Crippen LogP contribution in [0.4, 0.5) is 4.39 Å². The first kappa shape index (κ1) is 13.2. The predicted molar refractivity (Wildman–Crippen MR) is 78.3 cm³/mol. The van der Waals surface area contributed by atoms with Crippen molar-refractivity contribution in [1.82, 2.24) is 19.5 Å². The molecule has 2 heterocycles. The number of nitrogens with zero attached hydrogens (tertiary/aromatic N) is 3. The standard InChI is InChI=1S/C12H8BrFN4OS/c1-19-11-9-10(15-5-16-11)18(12(20)17-9)8-3-2-6(14)4-7(8)13/h2-5H,1H3,(H,17,20). The molecule has 0 aliphatic rings. The number of H-pyrrole nitrogens is 1. The predicted octanol–water partition coefficient (Wildman–Crippen LogP) is 3.39. The number of aromatic nitrogens is 4. The summed E-state index contributed by atoms with van der Waals surface area (Å²) in [5.74, 6) is 0.0669. The summed E-state index contributed by atoms with van der Waals surface area (Å²) in [6.07, 6.45) is 1.39. The van der Waals surface area contributed by atoms with Gasteiger partial charge in [0.15, 0.2) is 10.4 Å². The van der Waals surface area contributed by atoms with E-state index in [4.69, 9.17) is 17.0 Å². The molecule has 0 saturated heterocycles. The number of methoxy groups -OCH3 is 1. The largest absolute Gasteiger partial charge is 0.479 e. The molecule has 2 aromatic heterocycles. The monoisotopic (exact) mass is 354 g/mol. The molecule has 0 aliphatic carbocycles. The van der Waals surface area contributed by atoms with Gasteiger partial charge in [-0.3, -0.25) is 4.57 Å². The minimum Gasteiger partial charge on any atom is -0.479 e. The minimum absolute atomic E-state index is 0.334. The van der Waals surface area contributed by atoms with Crippen molar-refractivity contribution in [3.8, 4) is 11.6 Å². The summed E-state index contributed by atoms with van der Waals surface area (Å²) in [5, 5.41) is 0. The third kappa shape index (κ3) is 2.01. The highest BCUT2D eigenvalue weighted by Gasteiger charge is 2.14. The van der Waals surface area contributed by atoms with Gasteiger partial charge in [0.05, 0.1) is 12.8 Å². The van der Waals surface area contributed by atoms with Crippen molar-refractivity contribution in [2.24, 2.45) is 0 Å². The third-order valence-corrected chi connectivity index (χ3v) is 3.70. The second-order valence-corrected chi connectivity index (χ2v) is 5.18. The Morgan fingerprint density at radius 1 is 1.40 bits per heavy atom. The maximum absolute atomic E-state index is 13.2. The molecular weight excluding hydrogens is 347 g/mol. The van der Waals surface area contributed by atoms with Crippen LogP contribution in [0.3, 0.4) is 0 Å². The van der Waals surface area contributed by atoms with Crippen LogP contribution in [0.5, 0.6) is 5.88 Å². The lowest BCUT2D eigenvalue weighted by molar-refractivity contribution is 0.401. The van der Waals surface area contributed by atoms with Gasteiger partial charge in [0.2, 0.25) is 5.88 Å². The van der Waals surface area contributed by atoms with E-state index in [9.17, 15) is 4.39 Å². The van der Waals surface area contributed by atoms with Crippen LogP contribution < -0.4 is 4.74 Å². The highest BCUT2D eigenvalue weighted by atomic mass is 79.9. The van der Waals surface area contributed by atoms with Crippen LogP contribution >= 0.6 is 28.1 Å². The zero-order valence-corrected chi connectivity index (χ0v) is 12.6. The average Bonchev–Trinajstić information content (AvgIpc) is 2.75. The van der Waals surface area contributed by atoms with Gasteiger partial charge < -0.3 is 9.72 Å². The number of halogens is 2. The number of nitrogens with one attached hydrogen (secondary N) is 1. The Bertz CT molecular complexity index is 860. The van der Waals surface area contributed by atoms with Crippen LogP contribution in [0, 0.1) is 10.6 Å². The van der Waals surface area contributed by atoms with Crippen molar-refractivity contribution < 1.29 is 9.13 Å². The highest BCUT2D eigenvalue weighted by molar-refractivity contribution is 9.10. The SMILES string of the molecule is COc1ncnc2c1[nH]c(=S)n2-c1ccc(F)cc1Br. The maximum Gasteiger partial charge on any atom is 0.242 e. The molecule has 102 valence electrons. The van der Waals surface area contributed by atoms with Crippen LogP contribution in [0.1, 0.15) is 0 Å². The fraction of sp³-hybridized carbons (Fsp3) is 0.0833. The van der Waals surface area contributed by atoms with Crippen molar-refractivity contribution in [3.05, 3.63) is 39.6 Å². The van der Waals surface area contributed by atoms with Gasteiger partial charge in [0.1, 0.15) is 17.7 Å². The first-order valence-corrected chi connectivity index (χ1v) is 6.77. The van der Waals surface area contributed by atoms with Gasteiger partial charge in [-0.25, -0.2) is 9.37 Å². The van der Waals surface area contributed by atoms with E-state index in [0.717, 1.165) is 0 Å². The normalized spacial score (nSPS) is 10.9. The Balaban J connectivity index is 2.37. The van der Waals surface area contributed by atoms with Gasteiger partial charge in [-0.15, -0.1) is 0 Å². The smallest absolute Gasteiger partial charge is 0.242 e. The molecule has 0 spiro atoms. The summed E-state index contributed by atoms with van der Waals surface area (Å²) in [7, 11) is 1.52. The molecule has 3 rings (SSSR count). The molecular formula is C12H8BrFN4OS. The van der Waals surface area contributed by atoms with Crippen LogP contribution in [0.15, 0.2) is 29.0 Å². The lowest BCUT2D eigenvalue weighted by atomic mass is 10.3. The Hall–Kier alpha value is -1.80. The van der Waals surface area contributed by atoms with Crippen molar-refractivity contribution in [2.45, 2.75) is 0 Å². The van der Waals surface area contributed by atoms with Crippen LogP contribution in [-0.4, -0.2) is 26.6 Å². The van der Waals surface area contributed by atoms with Crippen molar-refractivity contribution in [2.75, 3.05) is 7.11 Å². The first-order valence-electron chi connectivity index (χ1n) is 5.57. The third-order valence-electron chi connectivity index (χ3n) is 2.78. The number of ether oxygens (including phenoxy) is 1. The molecule has 0 atom stereocenters. The Labute approximate surface area is 126 Å². The van der Waals surface area contributed by atoms with E-state index in [1.165, 1.54) is 25.6 Å². The number of fused-ring (bicyclic) bond motifs is 1. The molecule has 0 amide bonds. The molecule has 0 fully saturated rings. The fourth-order valence-electron chi connectivity index (χ4n) is 1.94. The zero-order chi connectivity index (χ0) is 14.3. The highest BCUT2D eigenvalue weighted by Crippen LogP contribution is 2.28. The fourth-order valence-corrected chi connectivity index (χ4v) is 2.75. The Morgan fingerprint density at radius 2 is 2.20 bits per heavy atom. The van der Waals surface area contributed by atoms with Crippen molar-refractivity contribution >= 4 is 39.3 Å². The topological polar surface area (TPSA) is 55.7 Å². The number of aromatic amines is 1. The van der Waals surface area contributed by atoms with Crippen LogP contribution in [0.25, 0.3) is 16.9 Å². The molecule has 8 heteroatoms. The first-order chi connectivity index (χ1) is 9.61. The quantitative estimate of drug-likeness (QED) is 0.716. The van der Waals surface area contributed by atoms with E-state index in [2.05, 4.69) is 30.9 Å². The number of hydrogen-bond acceptors (Lipinski definition) is 4. The molecule has 0 unspecified atom stereocenters. The molecule has 0 aliphatic heterocycles. The van der Waals surface area contributed by atoms with E-state index in [-0.39, 0.29) is 5.82 Å². The molecule has 1 aromatic carbocycles. The number of imidazole rings is 1. The van der Waals surface area contributed by atoms with Crippen LogP contribution in [0.2, 0.25) is 0 Å². The van der Waals surface area contributed by atoms with E-state index in [0.29, 0.717) is 32.0 Å². The van der Waals surface area contributed by atoms with Gasteiger partial charge >= 0.3 is 0 Å². The van der Waals surface area contributed by atoms with Gasteiger partial charge in [0, 0.05) is 4.47 Å². The van der Waals surface area contributed by atoms with E-state index in [1.54, 1.807) is 10.6 Å². The summed E-state index contributed by atoms with van der Waals surface area (Å²) in [5.41, 5.74) is 1.84. The maximum atomic E-state index is 13.2. The summed E-state index contributed by atoms with van der Waals surface area (Å²) >= 11 is 8.63. The summed E-state index contributed by atoms with van der Waals surface area (Å²) < 4.78 is 21.1. The molecule has 3 aromatic rings. The van der Waals surface area contributed by atoms with E-state index < -0.39 is 0 Å². The van der Waals surface area contributed by atoms with E-state index >= 15 is 0 Å². The summed E-state index contributed by atoms with van der Waals surface area (Å²) in [6.45, 7) is 0. The second kappa shape index (κ2) is 4.95. The molecule has 1 N–H and O–H groups in total. The Kier molecular flexibility index (Phi) is 3.27. The number of benzene rings is 1.